The number of anilines is 2. The molecule has 2 heterocycles. The van der Waals surface area contributed by atoms with Crippen LogP contribution in [-0.4, -0.2) is 50.9 Å². The van der Waals surface area contributed by atoms with Crippen molar-refractivity contribution in [3.8, 4) is 0 Å². The minimum Gasteiger partial charge on any atom is -0.511 e. The van der Waals surface area contributed by atoms with Crippen LogP contribution in [0.4, 0.5) is 15.8 Å². The Bertz CT molecular complexity index is 1710. The molecule has 7 rings (SSSR count). The number of fused-ring (bicyclic) bond motifs is 3. The van der Waals surface area contributed by atoms with Crippen molar-refractivity contribution in [2.75, 3.05) is 16.3 Å². The van der Waals surface area contributed by atoms with Crippen LogP contribution in [0.25, 0.3) is 0 Å². The second-order valence-electron chi connectivity index (χ2n) is 11.1. The number of halogens is 1. The number of sulfonamides is 2. The van der Waals surface area contributed by atoms with Crippen LogP contribution in [0.15, 0.2) is 57.0 Å². The zero-order chi connectivity index (χ0) is 28.6. The van der Waals surface area contributed by atoms with Crippen LogP contribution >= 0.6 is 0 Å². The Morgan fingerprint density at radius 2 is 1.82 bits per heavy atom. The average Bonchev–Trinajstić information content (AvgIpc) is 2.88. The van der Waals surface area contributed by atoms with Crippen LogP contribution in [0.2, 0.25) is 0 Å². The van der Waals surface area contributed by atoms with E-state index in [4.69, 9.17) is 0 Å². The number of rotatable bonds is 5. The van der Waals surface area contributed by atoms with E-state index in [1.54, 1.807) is 24.0 Å². The first kappa shape index (κ1) is 26.8. The monoisotopic (exact) mass is 588 g/mol. The molecule has 2 unspecified atom stereocenters. The van der Waals surface area contributed by atoms with Crippen LogP contribution in [0.3, 0.4) is 0 Å². The fourth-order valence-electron chi connectivity index (χ4n) is 6.75. The van der Waals surface area contributed by atoms with Crippen molar-refractivity contribution in [2.45, 2.75) is 50.1 Å². The van der Waals surface area contributed by atoms with Crippen molar-refractivity contribution in [1.82, 2.24) is 4.90 Å². The predicted octanol–water partition coefficient (Wildman–Crippen LogP) is 3.68. The molecule has 13 heteroatoms. The van der Waals surface area contributed by atoms with Gasteiger partial charge in [-0.3, -0.25) is 9.52 Å². The number of carbonyl (C=O) groups is 1. The molecular formula is C27H29FN4O6S2. The molecule has 1 amide bonds. The highest BCUT2D eigenvalue weighted by Gasteiger charge is 2.54. The Morgan fingerprint density at radius 3 is 2.50 bits per heavy atom. The molecule has 0 saturated heterocycles. The molecule has 0 radical (unpaired) electrons. The maximum Gasteiger partial charge on any atom is 0.286 e. The van der Waals surface area contributed by atoms with Gasteiger partial charge in [0.25, 0.3) is 15.9 Å². The summed E-state index contributed by atoms with van der Waals surface area (Å²) in [6, 6.07) is 8.34. The summed E-state index contributed by atoms with van der Waals surface area (Å²) < 4.78 is 69.8. The summed E-state index contributed by atoms with van der Waals surface area (Å²) in [5.41, 5.74) is 1.14. The molecule has 2 aromatic carbocycles. The Morgan fingerprint density at radius 1 is 1.12 bits per heavy atom. The smallest absolute Gasteiger partial charge is 0.286 e. The Kier molecular flexibility index (Phi) is 6.22. The first-order chi connectivity index (χ1) is 18.8. The molecule has 3 N–H and O–H groups in total. The minimum absolute atomic E-state index is 0.0444. The molecule has 2 aliphatic heterocycles. The third-order valence-electron chi connectivity index (χ3n) is 8.42. The number of aliphatic hydroxyl groups is 1. The van der Waals surface area contributed by atoms with E-state index in [0.29, 0.717) is 5.56 Å². The topological polar surface area (TPSA) is 145 Å². The highest BCUT2D eigenvalue weighted by atomic mass is 32.2. The van der Waals surface area contributed by atoms with E-state index >= 15 is 0 Å². The van der Waals surface area contributed by atoms with Gasteiger partial charge in [0.05, 0.1) is 11.9 Å². The molecule has 40 heavy (non-hydrogen) atoms. The highest BCUT2D eigenvalue weighted by molar-refractivity contribution is 7.92. The maximum absolute atomic E-state index is 14.1. The van der Waals surface area contributed by atoms with Gasteiger partial charge in [0.15, 0.2) is 5.84 Å². The van der Waals surface area contributed by atoms with Crippen LogP contribution < -0.4 is 10.0 Å². The standard InChI is InChI=1S/C27H29FN4O6S2/c1-14-11-15(3-9-19(14)28)13-32-24-17-6-4-16(5-7-17)22(24)25(33)23(27(32)34)26-29-20-10-8-18(30-39(2,35)36)12-21(20)40(37,38)31-26/h3,8-12,16-17,22,24,30,33H,4-7,13H2,1-2H3,(H,29,31). The molecule has 3 fully saturated rings. The van der Waals surface area contributed by atoms with Crippen LogP contribution in [-0.2, 0) is 31.4 Å². The number of amides is 1. The van der Waals surface area contributed by atoms with Gasteiger partial charge >= 0.3 is 0 Å². The number of benzene rings is 2. The van der Waals surface area contributed by atoms with Crippen molar-refractivity contribution in [2.24, 2.45) is 22.2 Å². The average molecular weight is 589 g/mol. The van der Waals surface area contributed by atoms with E-state index in [2.05, 4.69) is 14.4 Å². The second-order valence-corrected chi connectivity index (χ2v) is 14.4. The summed E-state index contributed by atoms with van der Waals surface area (Å²) in [6.07, 6.45) is 4.62. The number of amidine groups is 1. The van der Waals surface area contributed by atoms with Gasteiger partial charge in [-0.25, -0.2) is 12.8 Å². The lowest BCUT2D eigenvalue weighted by atomic mass is 9.59. The molecule has 2 atom stereocenters. The number of nitrogens with one attached hydrogen (secondary N) is 2. The molecule has 5 aliphatic rings. The summed E-state index contributed by atoms with van der Waals surface area (Å²) in [7, 11) is -8.01. The minimum atomic E-state index is -4.36. The summed E-state index contributed by atoms with van der Waals surface area (Å²) in [5, 5.41) is 14.4. The van der Waals surface area contributed by atoms with Crippen molar-refractivity contribution >= 4 is 43.2 Å². The van der Waals surface area contributed by atoms with E-state index in [1.165, 1.54) is 18.2 Å². The third kappa shape index (κ3) is 4.54. The SMILES string of the molecule is Cc1cc(CN2C(=O)C(C3=NS(=O)(=O)c4cc(NS(C)(=O)=O)ccc4N3)=C(O)C3C4CCC(CC4)C32)ccc1F. The highest BCUT2D eigenvalue weighted by Crippen LogP contribution is 2.52. The van der Waals surface area contributed by atoms with E-state index in [1.807, 2.05) is 0 Å². The van der Waals surface area contributed by atoms with Crippen LogP contribution in [0.1, 0.15) is 36.8 Å². The molecule has 3 saturated carbocycles. The van der Waals surface area contributed by atoms with Gasteiger partial charge in [-0.1, -0.05) is 12.1 Å². The zero-order valence-corrected chi connectivity index (χ0v) is 23.5. The summed E-state index contributed by atoms with van der Waals surface area (Å²) in [6.45, 7) is 1.83. The summed E-state index contributed by atoms with van der Waals surface area (Å²) in [4.78, 5) is 15.5. The molecule has 2 aromatic rings. The number of aryl methyl sites for hydroxylation is 1. The van der Waals surface area contributed by atoms with Crippen LogP contribution in [0, 0.1) is 30.5 Å². The molecule has 10 nitrogen and oxygen atoms in total. The van der Waals surface area contributed by atoms with E-state index in [9.17, 15) is 31.1 Å². The third-order valence-corrected chi connectivity index (χ3v) is 10.3. The van der Waals surface area contributed by atoms with E-state index in [-0.39, 0.29) is 69.6 Å². The quantitative estimate of drug-likeness (QED) is 0.483. The number of hydrogen-bond acceptors (Lipinski definition) is 7. The first-order valence-corrected chi connectivity index (χ1v) is 16.4. The van der Waals surface area contributed by atoms with Crippen molar-refractivity contribution in [3.05, 3.63) is 64.7 Å². The first-order valence-electron chi connectivity index (χ1n) is 13.1. The molecular weight excluding hydrogens is 559 g/mol. The van der Waals surface area contributed by atoms with Crippen molar-refractivity contribution in [1.29, 1.82) is 0 Å². The van der Waals surface area contributed by atoms with E-state index in [0.717, 1.165) is 43.6 Å². The predicted molar refractivity (Wildman–Crippen MR) is 147 cm³/mol. The Labute approximate surface area is 232 Å². The van der Waals surface area contributed by atoms with Crippen LogP contribution in [0.5, 0.6) is 0 Å². The number of nitrogens with zero attached hydrogens (tertiary/aromatic N) is 2. The lowest BCUT2D eigenvalue weighted by Crippen LogP contribution is -2.60. The van der Waals surface area contributed by atoms with Crippen molar-refractivity contribution < 1.29 is 31.1 Å². The molecule has 3 aliphatic carbocycles. The molecule has 0 spiro atoms. The fraction of sp³-hybridized carbons (Fsp3) is 0.407. The Balaban J connectivity index is 1.42. The lowest BCUT2D eigenvalue weighted by molar-refractivity contribution is -0.140. The van der Waals surface area contributed by atoms with Crippen molar-refractivity contribution in [3.63, 3.8) is 0 Å². The normalized spacial score (nSPS) is 27.0. The van der Waals surface area contributed by atoms with Gasteiger partial charge in [0, 0.05) is 24.2 Å². The van der Waals surface area contributed by atoms with Gasteiger partial charge in [-0.2, -0.15) is 8.42 Å². The second kappa shape index (κ2) is 9.30. The van der Waals surface area contributed by atoms with Gasteiger partial charge in [-0.15, -0.1) is 4.40 Å². The zero-order valence-electron chi connectivity index (χ0n) is 21.9. The summed E-state index contributed by atoms with van der Waals surface area (Å²) in [5.74, 6) is -1.37. The van der Waals surface area contributed by atoms with Gasteiger partial charge in [0.2, 0.25) is 10.0 Å². The Hall–Kier alpha value is -3.45. The van der Waals surface area contributed by atoms with E-state index < -0.39 is 26.0 Å². The molecule has 0 aromatic heterocycles. The van der Waals surface area contributed by atoms with Gasteiger partial charge in [0.1, 0.15) is 22.0 Å². The molecule has 212 valence electrons. The number of aliphatic hydroxyl groups excluding tert-OH is 1. The maximum atomic E-state index is 14.1. The largest absolute Gasteiger partial charge is 0.511 e. The summed E-state index contributed by atoms with van der Waals surface area (Å²) >= 11 is 0. The molecule has 2 bridgehead atoms. The van der Waals surface area contributed by atoms with Gasteiger partial charge < -0.3 is 15.3 Å². The van der Waals surface area contributed by atoms with Gasteiger partial charge in [-0.05, 0) is 79.8 Å². The fourth-order valence-corrected chi connectivity index (χ4v) is 8.46. The number of hydrogen-bond donors (Lipinski definition) is 3. The lowest BCUT2D eigenvalue weighted by Gasteiger charge is -2.54. The number of carbonyl (C=O) groups excluding carboxylic acids is 1.